The van der Waals surface area contributed by atoms with Crippen molar-refractivity contribution in [1.29, 1.82) is 10.5 Å². The SMILES string of the molecule is COc1ccc(C)cc1NC(=O)/C(C#N)=C/c1cc(Br)c(OCC#N)c(OC)c1. The van der Waals surface area contributed by atoms with Gasteiger partial charge in [0.2, 0.25) is 0 Å². The topological polar surface area (TPSA) is 104 Å². The van der Waals surface area contributed by atoms with Crippen molar-refractivity contribution < 1.29 is 19.0 Å². The number of nitriles is 2. The Morgan fingerprint density at radius 1 is 1.17 bits per heavy atom. The number of benzene rings is 2. The Hall–Kier alpha value is -3.49. The van der Waals surface area contributed by atoms with Crippen molar-refractivity contribution in [1.82, 2.24) is 0 Å². The lowest BCUT2D eigenvalue weighted by Crippen LogP contribution is -2.14. The molecule has 0 bridgehead atoms. The average Bonchev–Trinajstić information content (AvgIpc) is 2.70. The molecule has 2 aromatic rings. The maximum atomic E-state index is 12.6. The molecule has 0 saturated heterocycles. The number of nitrogens with zero attached hydrogens (tertiary/aromatic N) is 2. The van der Waals surface area contributed by atoms with E-state index in [2.05, 4.69) is 21.2 Å². The van der Waals surface area contributed by atoms with Gasteiger partial charge in [0.1, 0.15) is 23.5 Å². The largest absolute Gasteiger partial charge is 0.495 e. The van der Waals surface area contributed by atoms with E-state index in [-0.39, 0.29) is 12.2 Å². The zero-order valence-electron chi connectivity index (χ0n) is 16.1. The number of hydrogen-bond donors (Lipinski definition) is 1. The monoisotopic (exact) mass is 455 g/mol. The van der Waals surface area contributed by atoms with Crippen LogP contribution in [0.4, 0.5) is 5.69 Å². The molecule has 1 amide bonds. The molecule has 148 valence electrons. The van der Waals surface area contributed by atoms with Crippen LogP contribution in [0.15, 0.2) is 40.4 Å². The van der Waals surface area contributed by atoms with Gasteiger partial charge in [0.05, 0.1) is 24.4 Å². The fraction of sp³-hybridized carbons (Fsp3) is 0.190. The number of ether oxygens (including phenoxy) is 3. The van der Waals surface area contributed by atoms with E-state index < -0.39 is 5.91 Å². The molecule has 0 spiro atoms. The van der Waals surface area contributed by atoms with Crippen molar-refractivity contribution in [3.05, 3.63) is 51.5 Å². The van der Waals surface area contributed by atoms with Crippen LogP contribution in [0.25, 0.3) is 6.08 Å². The normalized spacial score (nSPS) is 10.5. The van der Waals surface area contributed by atoms with Gasteiger partial charge in [0.25, 0.3) is 5.91 Å². The molecule has 0 unspecified atom stereocenters. The van der Waals surface area contributed by atoms with E-state index >= 15 is 0 Å². The summed E-state index contributed by atoms with van der Waals surface area (Å²) < 4.78 is 16.4. The Labute approximate surface area is 177 Å². The first-order valence-electron chi connectivity index (χ1n) is 8.38. The zero-order chi connectivity index (χ0) is 21.4. The fourth-order valence-electron chi connectivity index (χ4n) is 2.49. The molecule has 0 aliphatic carbocycles. The standard InChI is InChI=1S/C21H18BrN3O4/c1-13-4-5-18(27-2)17(8-13)25-21(26)15(12-24)9-14-10-16(22)20(29-7-6-23)19(11-14)28-3/h4-5,8-11H,7H2,1-3H3,(H,25,26)/b15-9+. The average molecular weight is 456 g/mol. The second kappa shape index (κ2) is 10.2. The lowest BCUT2D eigenvalue weighted by Gasteiger charge is -2.12. The van der Waals surface area contributed by atoms with Crippen molar-refractivity contribution in [3.63, 3.8) is 0 Å². The van der Waals surface area contributed by atoms with Crippen LogP contribution in [0.5, 0.6) is 17.2 Å². The second-order valence-electron chi connectivity index (χ2n) is 5.81. The van der Waals surface area contributed by atoms with Crippen LogP contribution in [0.3, 0.4) is 0 Å². The number of nitrogens with one attached hydrogen (secondary N) is 1. The Kier molecular flexibility index (Phi) is 7.64. The van der Waals surface area contributed by atoms with E-state index in [1.54, 1.807) is 24.3 Å². The number of rotatable bonds is 7. The van der Waals surface area contributed by atoms with Gasteiger partial charge in [-0.15, -0.1) is 0 Å². The predicted octanol–water partition coefficient (Wildman–Crippen LogP) is 4.22. The van der Waals surface area contributed by atoms with E-state index in [9.17, 15) is 10.1 Å². The van der Waals surface area contributed by atoms with E-state index in [0.717, 1.165) is 5.56 Å². The molecule has 0 aliphatic heterocycles. The summed E-state index contributed by atoms with van der Waals surface area (Å²) in [6, 6.07) is 12.4. The number of carbonyl (C=O) groups excluding carboxylic acids is 1. The summed E-state index contributed by atoms with van der Waals surface area (Å²) in [6.45, 7) is 1.74. The highest BCUT2D eigenvalue weighted by Gasteiger charge is 2.15. The summed E-state index contributed by atoms with van der Waals surface area (Å²) >= 11 is 3.35. The summed E-state index contributed by atoms with van der Waals surface area (Å²) in [5.41, 5.74) is 1.84. The van der Waals surface area contributed by atoms with E-state index in [1.165, 1.54) is 20.3 Å². The third-order valence-corrected chi connectivity index (χ3v) is 4.40. The minimum atomic E-state index is -0.573. The Morgan fingerprint density at radius 2 is 1.90 bits per heavy atom. The van der Waals surface area contributed by atoms with E-state index in [0.29, 0.717) is 33.0 Å². The van der Waals surface area contributed by atoms with Crippen LogP contribution >= 0.6 is 15.9 Å². The highest BCUT2D eigenvalue weighted by Crippen LogP contribution is 2.37. The van der Waals surface area contributed by atoms with E-state index in [4.69, 9.17) is 19.5 Å². The molecule has 0 heterocycles. The molecule has 2 aromatic carbocycles. The van der Waals surface area contributed by atoms with Crippen molar-refractivity contribution in [2.45, 2.75) is 6.92 Å². The first-order valence-corrected chi connectivity index (χ1v) is 9.17. The lowest BCUT2D eigenvalue weighted by atomic mass is 10.1. The van der Waals surface area contributed by atoms with Gasteiger partial charge in [-0.25, -0.2) is 0 Å². The smallest absolute Gasteiger partial charge is 0.266 e. The minimum Gasteiger partial charge on any atom is -0.495 e. The van der Waals surface area contributed by atoms with Crippen molar-refractivity contribution in [2.24, 2.45) is 0 Å². The van der Waals surface area contributed by atoms with Crippen LogP contribution < -0.4 is 19.5 Å². The van der Waals surface area contributed by atoms with Crippen molar-refractivity contribution in [2.75, 3.05) is 26.1 Å². The lowest BCUT2D eigenvalue weighted by molar-refractivity contribution is -0.112. The molecule has 7 nitrogen and oxygen atoms in total. The second-order valence-corrected chi connectivity index (χ2v) is 6.66. The Bertz CT molecular complexity index is 1040. The molecule has 2 rings (SSSR count). The van der Waals surface area contributed by atoms with Gasteiger partial charge in [-0.1, -0.05) is 6.07 Å². The van der Waals surface area contributed by atoms with Crippen LogP contribution in [-0.4, -0.2) is 26.7 Å². The van der Waals surface area contributed by atoms with Gasteiger partial charge in [-0.05, 0) is 64.3 Å². The highest BCUT2D eigenvalue weighted by molar-refractivity contribution is 9.10. The Balaban J connectivity index is 2.35. The van der Waals surface area contributed by atoms with Crippen molar-refractivity contribution >= 4 is 33.6 Å². The van der Waals surface area contributed by atoms with Crippen LogP contribution in [-0.2, 0) is 4.79 Å². The third-order valence-electron chi connectivity index (χ3n) is 3.81. The van der Waals surface area contributed by atoms with Gasteiger partial charge in [0, 0.05) is 0 Å². The maximum absolute atomic E-state index is 12.6. The molecule has 0 aliphatic rings. The van der Waals surface area contributed by atoms with Crippen LogP contribution in [0.1, 0.15) is 11.1 Å². The molecule has 0 radical (unpaired) electrons. The first-order chi connectivity index (χ1) is 13.9. The number of hydrogen-bond acceptors (Lipinski definition) is 6. The van der Waals surface area contributed by atoms with Gasteiger partial charge >= 0.3 is 0 Å². The molecule has 8 heteroatoms. The summed E-state index contributed by atoms with van der Waals surface area (Å²) in [6.07, 6.45) is 1.43. The van der Waals surface area contributed by atoms with E-state index in [1.807, 2.05) is 25.1 Å². The summed E-state index contributed by atoms with van der Waals surface area (Å²) in [7, 11) is 2.96. The van der Waals surface area contributed by atoms with Crippen LogP contribution in [0.2, 0.25) is 0 Å². The fourth-order valence-corrected chi connectivity index (χ4v) is 3.07. The summed E-state index contributed by atoms with van der Waals surface area (Å²) in [5, 5.41) is 20.9. The van der Waals surface area contributed by atoms with Gasteiger partial charge in [0.15, 0.2) is 18.1 Å². The molecule has 0 atom stereocenters. The molecular weight excluding hydrogens is 438 g/mol. The van der Waals surface area contributed by atoms with Gasteiger partial charge in [-0.3, -0.25) is 4.79 Å². The molecular formula is C21H18BrN3O4. The molecule has 0 fully saturated rings. The quantitative estimate of drug-likeness (QED) is 0.494. The molecule has 1 N–H and O–H groups in total. The summed E-state index contributed by atoms with van der Waals surface area (Å²) in [5.74, 6) is 0.638. The molecule has 29 heavy (non-hydrogen) atoms. The number of halogens is 1. The van der Waals surface area contributed by atoms with Crippen molar-refractivity contribution in [3.8, 4) is 29.4 Å². The molecule has 0 saturated carbocycles. The number of anilines is 1. The number of aryl methyl sites for hydroxylation is 1. The molecule has 0 aromatic heterocycles. The van der Waals surface area contributed by atoms with Crippen LogP contribution in [0, 0.1) is 29.6 Å². The number of carbonyl (C=O) groups is 1. The third kappa shape index (κ3) is 5.50. The number of amides is 1. The van der Waals surface area contributed by atoms with Gasteiger partial charge in [-0.2, -0.15) is 10.5 Å². The number of methoxy groups -OCH3 is 2. The summed E-state index contributed by atoms with van der Waals surface area (Å²) in [4.78, 5) is 12.6. The maximum Gasteiger partial charge on any atom is 0.266 e. The predicted molar refractivity (Wildman–Crippen MR) is 112 cm³/mol. The Morgan fingerprint density at radius 3 is 2.52 bits per heavy atom. The zero-order valence-corrected chi connectivity index (χ0v) is 17.7. The highest BCUT2D eigenvalue weighted by atomic mass is 79.9. The first kappa shape index (κ1) is 21.8. The minimum absolute atomic E-state index is 0.104. The van der Waals surface area contributed by atoms with Gasteiger partial charge < -0.3 is 19.5 Å².